The average Bonchev–Trinajstić information content (AvgIpc) is 2.96. The third kappa shape index (κ3) is 2.58. The van der Waals surface area contributed by atoms with Gasteiger partial charge in [-0.25, -0.2) is 0 Å². The van der Waals surface area contributed by atoms with Crippen LogP contribution in [0.5, 0.6) is 0 Å². The van der Waals surface area contributed by atoms with Crippen LogP contribution in [-0.4, -0.2) is 25.2 Å². The number of methoxy groups -OCH3 is 1. The second-order valence-corrected chi connectivity index (χ2v) is 5.69. The van der Waals surface area contributed by atoms with Crippen molar-refractivity contribution in [3.63, 3.8) is 0 Å². The Morgan fingerprint density at radius 2 is 2.15 bits per heavy atom. The Labute approximate surface area is 119 Å². The lowest BCUT2D eigenvalue weighted by Crippen LogP contribution is -2.49. The van der Waals surface area contributed by atoms with Crippen LogP contribution in [0, 0.1) is 5.92 Å². The average molecular weight is 275 g/mol. The topological polar surface area (TPSA) is 47.6 Å². The fourth-order valence-electron chi connectivity index (χ4n) is 3.64. The summed E-state index contributed by atoms with van der Waals surface area (Å²) in [4.78, 5) is 17.4. The summed E-state index contributed by atoms with van der Waals surface area (Å²) in [5.41, 5.74) is 4.39. The standard InChI is InChI=1S/C16H21NO3/c1-19-15(18)10-13-16(11-6-3-2-4-7-11)12-8-5-9-14(12)20-17-13/h2-4,6-7,12-14,16-17H,5,8-10H2,1H3/t12-,13?,14+,16+/m0/s1. The number of rotatable bonds is 3. The first kappa shape index (κ1) is 13.6. The lowest BCUT2D eigenvalue weighted by molar-refractivity contribution is -0.148. The third-order valence-electron chi connectivity index (χ3n) is 4.57. The molecule has 1 saturated carbocycles. The molecule has 20 heavy (non-hydrogen) atoms. The molecule has 0 aromatic heterocycles. The zero-order chi connectivity index (χ0) is 13.9. The van der Waals surface area contributed by atoms with Crippen molar-refractivity contribution in [2.45, 2.75) is 43.7 Å². The van der Waals surface area contributed by atoms with Crippen molar-refractivity contribution in [2.75, 3.05) is 7.11 Å². The molecule has 1 heterocycles. The highest BCUT2D eigenvalue weighted by atomic mass is 16.7. The smallest absolute Gasteiger partial charge is 0.307 e. The molecule has 1 N–H and O–H groups in total. The molecule has 4 nitrogen and oxygen atoms in total. The second kappa shape index (κ2) is 5.94. The Morgan fingerprint density at radius 1 is 1.35 bits per heavy atom. The van der Waals surface area contributed by atoms with E-state index in [9.17, 15) is 4.79 Å². The van der Waals surface area contributed by atoms with E-state index in [-0.39, 0.29) is 18.1 Å². The van der Waals surface area contributed by atoms with Crippen LogP contribution in [0.25, 0.3) is 0 Å². The highest BCUT2D eigenvalue weighted by Gasteiger charge is 2.44. The molecule has 2 aliphatic rings. The van der Waals surface area contributed by atoms with Gasteiger partial charge in [-0.2, -0.15) is 5.48 Å². The summed E-state index contributed by atoms with van der Waals surface area (Å²) < 4.78 is 4.81. The van der Waals surface area contributed by atoms with Gasteiger partial charge in [0, 0.05) is 12.0 Å². The molecule has 1 saturated heterocycles. The predicted molar refractivity (Wildman–Crippen MR) is 75.0 cm³/mol. The lowest BCUT2D eigenvalue weighted by Gasteiger charge is -2.40. The molecule has 4 atom stereocenters. The van der Waals surface area contributed by atoms with Crippen LogP contribution in [0.2, 0.25) is 0 Å². The van der Waals surface area contributed by atoms with E-state index < -0.39 is 0 Å². The molecule has 0 bridgehead atoms. The molecular weight excluding hydrogens is 254 g/mol. The third-order valence-corrected chi connectivity index (χ3v) is 4.57. The van der Waals surface area contributed by atoms with Crippen molar-refractivity contribution in [3.8, 4) is 0 Å². The van der Waals surface area contributed by atoms with Gasteiger partial charge in [0.2, 0.25) is 0 Å². The van der Waals surface area contributed by atoms with Crippen molar-refractivity contribution < 1.29 is 14.4 Å². The number of carbonyl (C=O) groups is 1. The van der Waals surface area contributed by atoms with E-state index in [1.807, 2.05) is 6.07 Å². The molecule has 108 valence electrons. The number of carbonyl (C=O) groups excluding carboxylic acids is 1. The Kier molecular flexibility index (Phi) is 4.03. The maximum Gasteiger partial charge on any atom is 0.307 e. The minimum Gasteiger partial charge on any atom is -0.469 e. The van der Waals surface area contributed by atoms with E-state index in [2.05, 4.69) is 29.7 Å². The Hall–Kier alpha value is -1.39. The number of hydrogen-bond acceptors (Lipinski definition) is 4. The van der Waals surface area contributed by atoms with Crippen LogP contribution in [0.15, 0.2) is 30.3 Å². The first-order chi connectivity index (χ1) is 9.79. The van der Waals surface area contributed by atoms with Crippen LogP contribution in [0.3, 0.4) is 0 Å². The van der Waals surface area contributed by atoms with E-state index in [0.717, 1.165) is 6.42 Å². The normalized spacial score (nSPS) is 32.6. The summed E-state index contributed by atoms with van der Waals surface area (Å²) in [5, 5.41) is 0. The van der Waals surface area contributed by atoms with Crippen LogP contribution in [0.4, 0.5) is 0 Å². The highest BCUT2D eigenvalue weighted by molar-refractivity contribution is 5.70. The number of fused-ring (bicyclic) bond motifs is 1. The summed E-state index contributed by atoms with van der Waals surface area (Å²) in [6.07, 6.45) is 4.09. The van der Waals surface area contributed by atoms with Crippen LogP contribution < -0.4 is 5.48 Å². The van der Waals surface area contributed by atoms with Crippen molar-refractivity contribution in [2.24, 2.45) is 5.92 Å². The van der Waals surface area contributed by atoms with Crippen molar-refractivity contribution in [1.82, 2.24) is 5.48 Å². The first-order valence-corrected chi connectivity index (χ1v) is 7.32. The molecule has 2 fully saturated rings. The molecule has 1 aliphatic heterocycles. The molecule has 4 heteroatoms. The van der Waals surface area contributed by atoms with E-state index in [1.54, 1.807) is 0 Å². The maximum atomic E-state index is 11.6. The molecule has 1 aromatic carbocycles. The van der Waals surface area contributed by atoms with Gasteiger partial charge < -0.3 is 4.74 Å². The molecule has 1 unspecified atom stereocenters. The summed E-state index contributed by atoms with van der Waals surface area (Å²) in [6.45, 7) is 0. The zero-order valence-electron chi connectivity index (χ0n) is 11.7. The number of esters is 1. The molecule has 0 spiro atoms. The number of benzene rings is 1. The van der Waals surface area contributed by atoms with Gasteiger partial charge >= 0.3 is 5.97 Å². The summed E-state index contributed by atoms with van der Waals surface area (Å²) >= 11 is 0. The molecule has 0 radical (unpaired) electrons. The van der Waals surface area contributed by atoms with Gasteiger partial charge in [0.05, 0.1) is 19.6 Å². The summed E-state index contributed by atoms with van der Waals surface area (Å²) in [7, 11) is 1.43. The second-order valence-electron chi connectivity index (χ2n) is 5.69. The van der Waals surface area contributed by atoms with Crippen molar-refractivity contribution in [3.05, 3.63) is 35.9 Å². The quantitative estimate of drug-likeness (QED) is 0.861. The van der Waals surface area contributed by atoms with E-state index >= 15 is 0 Å². The van der Waals surface area contributed by atoms with Crippen LogP contribution in [0.1, 0.15) is 37.2 Å². The Morgan fingerprint density at radius 3 is 2.90 bits per heavy atom. The number of hydrogen-bond donors (Lipinski definition) is 1. The van der Waals surface area contributed by atoms with Gasteiger partial charge in [0.1, 0.15) is 0 Å². The minimum absolute atomic E-state index is 0.0100. The van der Waals surface area contributed by atoms with Crippen LogP contribution >= 0.6 is 0 Å². The van der Waals surface area contributed by atoms with Crippen molar-refractivity contribution >= 4 is 5.97 Å². The summed E-state index contributed by atoms with van der Waals surface area (Å²) in [5.74, 6) is 0.619. The SMILES string of the molecule is COC(=O)CC1NO[C@@H]2CCC[C@@H]2[C@H]1c1ccccc1. The van der Waals surface area contributed by atoms with Crippen molar-refractivity contribution in [1.29, 1.82) is 0 Å². The molecule has 3 rings (SSSR count). The summed E-state index contributed by atoms with van der Waals surface area (Å²) in [6, 6.07) is 10.4. The number of hydroxylamine groups is 1. The highest BCUT2D eigenvalue weighted by Crippen LogP contribution is 2.44. The van der Waals surface area contributed by atoms with E-state index in [4.69, 9.17) is 9.57 Å². The molecule has 0 amide bonds. The van der Waals surface area contributed by atoms with Gasteiger partial charge in [-0.1, -0.05) is 36.8 Å². The minimum atomic E-state index is -0.191. The molecule has 1 aliphatic carbocycles. The van der Waals surface area contributed by atoms with Gasteiger partial charge in [0.15, 0.2) is 0 Å². The van der Waals surface area contributed by atoms with E-state index in [1.165, 1.54) is 25.5 Å². The lowest BCUT2D eigenvalue weighted by atomic mass is 9.77. The first-order valence-electron chi connectivity index (χ1n) is 7.32. The molecular formula is C16H21NO3. The van der Waals surface area contributed by atoms with Gasteiger partial charge in [-0.15, -0.1) is 0 Å². The Bertz CT molecular complexity index is 462. The monoisotopic (exact) mass is 275 g/mol. The fraction of sp³-hybridized carbons (Fsp3) is 0.562. The number of nitrogens with one attached hydrogen (secondary N) is 1. The maximum absolute atomic E-state index is 11.6. The van der Waals surface area contributed by atoms with Gasteiger partial charge in [0.25, 0.3) is 0 Å². The molecule has 1 aromatic rings. The van der Waals surface area contributed by atoms with Gasteiger partial charge in [-0.3, -0.25) is 9.63 Å². The largest absolute Gasteiger partial charge is 0.469 e. The fourth-order valence-corrected chi connectivity index (χ4v) is 3.64. The van der Waals surface area contributed by atoms with Gasteiger partial charge in [-0.05, 0) is 24.3 Å². The Balaban J connectivity index is 1.86. The zero-order valence-corrected chi connectivity index (χ0v) is 11.7. The predicted octanol–water partition coefficient (Wildman–Crippen LogP) is 2.41. The number of ether oxygens (including phenoxy) is 1. The van der Waals surface area contributed by atoms with Crippen LogP contribution in [-0.2, 0) is 14.4 Å². The van der Waals surface area contributed by atoms with E-state index in [0.29, 0.717) is 18.3 Å².